The fourth-order valence-corrected chi connectivity index (χ4v) is 4.53. The van der Waals surface area contributed by atoms with Crippen LogP contribution in [-0.2, 0) is 14.3 Å². The van der Waals surface area contributed by atoms with Gasteiger partial charge in [-0.3, -0.25) is 4.79 Å². The summed E-state index contributed by atoms with van der Waals surface area (Å²) in [4.78, 5) is 10.5. The Balaban J connectivity index is 1.39. The quantitative estimate of drug-likeness (QED) is 0.656. The molecular weight excluding hydrogens is 280 g/mol. The summed E-state index contributed by atoms with van der Waals surface area (Å²) >= 11 is 0. The van der Waals surface area contributed by atoms with Crippen molar-refractivity contribution in [1.82, 2.24) is 0 Å². The van der Waals surface area contributed by atoms with Gasteiger partial charge in [-0.25, -0.2) is 0 Å². The second kappa shape index (κ2) is 7.78. The highest BCUT2D eigenvalue weighted by molar-refractivity contribution is 5.66. The van der Waals surface area contributed by atoms with E-state index in [0.717, 1.165) is 19.3 Å². The van der Waals surface area contributed by atoms with Gasteiger partial charge in [0.15, 0.2) is 0 Å². The normalized spacial score (nSPS) is 34.5. The van der Waals surface area contributed by atoms with Crippen molar-refractivity contribution in [1.29, 1.82) is 0 Å². The highest BCUT2D eigenvalue weighted by Crippen LogP contribution is 2.44. The van der Waals surface area contributed by atoms with Gasteiger partial charge >= 0.3 is 5.97 Å². The number of carbonyl (C=O) groups is 1. The van der Waals surface area contributed by atoms with E-state index in [1.54, 1.807) is 0 Å². The zero-order chi connectivity index (χ0) is 15.4. The number of carboxylic acids is 1. The first kappa shape index (κ1) is 16.3. The minimum absolute atomic E-state index is 0.310. The summed E-state index contributed by atoms with van der Waals surface area (Å²) in [7, 11) is 0. The molecule has 1 aliphatic carbocycles. The summed E-state index contributed by atoms with van der Waals surface area (Å²) in [6, 6.07) is 0. The van der Waals surface area contributed by atoms with Gasteiger partial charge < -0.3 is 14.6 Å². The van der Waals surface area contributed by atoms with Crippen molar-refractivity contribution < 1.29 is 19.4 Å². The minimum Gasteiger partial charge on any atom is -0.481 e. The molecule has 2 heterocycles. The first-order valence-electron chi connectivity index (χ1n) is 9.27. The summed E-state index contributed by atoms with van der Waals surface area (Å²) in [5.41, 5.74) is 0. The average Bonchev–Trinajstić information content (AvgIpc) is 3.21. The third-order valence-corrected chi connectivity index (χ3v) is 5.68. The Morgan fingerprint density at radius 2 is 1.73 bits per heavy atom. The van der Waals surface area contributed by atoms with E-state index in [9.17, 15) is 4.79 Å². The minimum atomic E-state index is -0.675. The van der Waals surface area contributed by atoms with Crippen LogP contribution >= 0.6 is 0 Å². The molecule has 2 bridgehead atoms. The third-order valence-electron chi connectivity index (χ3n) is 5.68. The van der Waals surface area contributed by atoms with E-state index in [1.807, 2.05) is 0 Å². The number of fused-ring (bicyclic) bond motifs is 2. The molecular formula is C18H30O4. The molecule has 0 spiro atoms. The molecule has 2 aliphatic heterocycles. The third kappa shape index (κ3) is 4.02. The number of carboxylic acid groups (broad SMARTS) is 1. The zero-order valence-corrected chi connectivity index (χ0v) is 13.5. The second-order valence-electron chi connectivity index (χ2n) is 7.31. The van der Waals surface area contributed by atoms with Crippen molar-refractivity contribution in [3.63, 3.8) is 0 Å². The SMILES string of the molecule is O=C(O)CCCCCC[C@@H]1[C@H](OC2CCCC2)[C@@H]2CC[C@H]1O2. The average molecular weight is 310 g/mol. The first-order valence-corrected chi connectivity index (χ1v) is 9.27. The summed E-state index contributed by atoms with van der Waals surface area (Å²) in [5.74, 6) is -0.0923. The Kier molecular flexibility index (Phi) is 5.75. The molecule has 3 fully saturated rings. The molecule has 0 unspecified atom stereocenters. The largest absolute Gasteiger partial charge is 0.481 e. The van der Waals surface area contributed by atoms with Crippen LogP contribution in [0.5, 0.6) is 0 Å². The smallest absolute Gasteiger partial charge is 0.303 e. The van der Waals surface area contributed by atoms with Crippen molar-refractivity contribution in [2.45, 2.75) is 101 Å². The summed E-state index contributed by atoms with van der Waals surface area (Å²) in [6.07, 6.45) is 14.7. The van der Waals surface area contributed by atoms with Crippen molar-refractivity contribution in [3.05, 3.63) is 0 Å². The summed E-state index contributed by atoms with van der Waals surface area (Å²) < 4.78 is 12.5. The van der Waals surface area contributed by atoms with Gasteiger partial charge in [-0.05, 0) is 38.5 Å². The molecule has 0 aromatic carbocycles. The monoisotopic (exact) mass is 310 g/mol. The van der Waals surface area contributed by atoms with E-state index in [4.69, 9.17) is 14.6 Å². The maximum Gasteiger partial charge on any atom is 0.303 e. The molecule has 2 saturated heterocycles. The first-order chi connectivity index (χ1) is 10.7. The zero-order valence-electron chi connectivity index (χ0n) is 13.5. The van der Waals surface area contributed by atoms with Crippen LogP contribution in [0, 0.1) is 5.92 Å². The lowest BCUT2D eigenvalue weighted by atomic mass is 9.82. The van der Waals surface area contributed by atoms with Gasteiger partial charge in [0.05, 0.1) is 24.4 Å². The number of unbranched alkanes of at least 4 members (excludes halogenated alkanes) is 3. The lowest BCUT2D eigenvalue weighted by Crippen LogP contribution is -2.37. The van der Waals surface area contributed by atoms with Gasteiger partial charge in [0, 0.05) is 12.3 Å². The van der Waals surface area contributed by atoms with Crippen LogP contribution in [0.15, 0.2) is 0 Å². The van der Waals surface area contributed by atoms with Crippen LogP contribution < -0.4 is 0 Å². The van der Waals surface area contributed by atoms with E-state index < -0.39 is 5.97 Å². The molecule has 1 saturated carbocycles. The fraction of sp³-hybridized carbons (Fsp3) is 0.944. The predicted octanol–water partition coefficient (Wildman–Crippen LogP) is 3.92. The van der Waals surface area contributed by atoms with Gasteiger partial charge in [-0.15, -0.1) is 0 Å². The van der Waals surface area contributed by atoms with Crippen LogP contribution in [-0.4, -0.2) is 35.5 Å². The summed E-state index contributed by atoms with van der Waals surface area (Å²) in [5, 5.41) is 8.65. The lowest BCUT2D eigenvalue weighted by molar-refractivity contribution is -0.137. The van der Waals surface area contributed by atoms with Crippen molar-refractivity contribution >= 4 is 5.97 Å². The number of aliphatic carboxylic acids is 1. The molecule has 4 heteroatoms. The van der Waals surface area contributed by atoms with Gasteiger partial charge in [-0.1, -0.05) is 32.1 Å². The van der Waals surface area contributed by atoms with E-state index in [-0.39, 0.29) is 0 Å². The molecule has 4 nitrogen and oxygen atoms in total. The fourth-order valence-electron chi connectivity index (χ4n) is 4.53. The second-order valence-corrected chi connectivity index (χ2v) is 7.31. The van der Waals surface area contributed by atoms with Gasteiger partial charge in [-0.2, -0.15) is 0 Å². The predicted molar refractivity (Wildman–Crippen MR) is 83.9 cm³/mol. The molecule has 4 atom stereocenters. The molecule has 0 aromatic heterocycles. The number of hydrogen-bond donors (Lipinski definition) is 1. The molecule has 1 N–H and O–H groups in total. The standard InChI is InChI=1S/C18H30O4/c19-17(20)10-4-2-1-3-9-14-15-11-12-16(22-15)18(14)21-13-7-5-6-8-13/h13-16,18H,1-12H2,(H,19,20)/t14-,15+,16-,18-/m0/s1. The van der Waals surface area contributed by atoms with Crippen LogP contribution in [0.2, 0.25) is 0 Å². The molecule has 3 rings (SSSR count). The number of ether oxygens (including phenoxy) is 2. The highest BCUT2D eigenvalue weighted by Gasteiger charge is 2.49. The van der Waals surface area contributed by atoms with Crippen molar-refractivity contribution in [3.8, 4) is 0 Å². The Hall–Kier alpha value is -0.610. The number of hydrogen-bond acceptors (Lipinski definition) is 3. The van der Waals surface area contributed by atoms with Gasteiger partial charge in [0.2, 0.25) is 0 Å². The van der Waals surface area contributed by atoms with Crippen LogP contribution in [0.4, 0.5) is 0 Å². The maximum atomic E-state index is 10.5. The topological polar surface area (TPSA) is 55.8 Å². The molecule has 126 valence electrons. The van der Waals surface area contributed by atoms with E-state index in [0.29, 0.717) is 36.8 Å². The van der Waals surface area contributed by atoms with Crippen LogP contribution in [0.25, 0.3) is 0 Å². The van der Waals surface area contributed by atoms with Gasteiger partial charge in [0.1, 0.15) is 0 Å². The summed E-state index contributed by atoms with van der Waals surface area (Å²) in [6.45, 7) is 0. The Morgan fingerprint density at radius 1 is 1.00 bits per heavy atom. The Bertz CT molecular complexity index is 364. The van der Waals surface area contributed by atoms with Gasteiger partial charge in [0.25, 0.3) is 0 Å². The van der Waals surface area contributed by atoms with Crippen LogP contribution in [0.1, 0.15) is 77.0 Å². The Morgan fingerprint density at radius 3 is 2.50 bits per heavy atom. The molecule has 0 radical (unpaired) electrons. The van der Waals surface area contributed by atoms with Crippen molar-refractivity contribution in [2.24, 2.45) is 5.92 Å². The lowest BCUT2D eigenvalue weighted by Gasteiger charge is -2.30. The molecule has 0 amide bonds. The van der Waals surface area contributed by atoms with E-state index in [2.05, 4.69) is 0 Å². The van der Waals surface area contributed by atoms with E-state index in [1.165, 1.54) is 51.4 Å². The highest BCUT2D eigenvalue weighted by atomic mass is 16.6. The maximum absolute atomic E-state index is 10.5. The molecule has 0 aromatic rings. The molecule has 3 aliphatic rings. The number of rotatable bonds is 9. The van der Waals surface area contributed by atoms with Crippen molar-refractivity contribution in [2.75, 3.05) is 0 Å². The Labute approximate surface area is 133 Å². The molecule has 22 heavy (non-hydrogen) atoms. The van der Waals surface area contributed by atoms with Crippen LogP contribution in [0.3, 0.4) is 0 Å². The van der Waals surface area contributed by atoms with E-state index >= 15 is 0 Å².